The number of amides is 2. The Bertz CT molecular complexity index is 1030. The van der Waals surface area contributed by atoms with Gasteiger partial charge in [0.15, 0.2) is 0 Å². The lowest BCUT2D eigenvalue weighted by Gasteiger charge is -2.16. The Labute approximate surface area is 171 Å². The van der Waals surface area contributed by atoms with Gasteiger partial charge in [0.1, 0.15) is 0 Å². The summed E-state index contributed by atoms with van der Waals surface area (Å²) in [5.41, 5.74) is 1.92. The smallest absolute Gasteiger partial charge is 0.255 e. The number of aryl methyl sites for hydroxylation is 1. The first-order chi connectivity index (χ1) is 13.8. The Morgan fingerprint density at radius 3 is 2.48 bits per heavy atom. The highest BCUT2D eigenvalue weighted by Gasteiger charge is 2.20. The summed E-state index contributed by atoms with van der Waals surface area (Å²) in [5.74, 6) is -0.477. The van der Waals surface area contributed by atoms with E-state index in [2.05, 4.69) is 10.0 Å². The molecule has 0 aliphatic carbocycles. The van der Waals surface area contributed by atoms with Crippen molar-refractivity contribution >= 4 is 27.5 Å². The van der Waals surface area contributed by atoms with Crippen molar-refractivity contribution in [1.29, 1.82) is 0 Å². The molecule has 2 aromatic carbocycles. The zero-order chi connectivity index (χ0) is 21.0. The average molecular weight is 416 g/mol. The lowest BCUT2D eigenvalue weighted by atomic mass is 10.1. The van der Waals surface area contributed by atoms with Crippen LogP contribution in [0.3, 0.4) is 0 Å². The molecule has 0 atom stereocenters. The van der Waals surface area contributed by atoms with Crippen molar-refractivity contribution in [1.82, 2.24) is 9.62 Å². The molecule has 2 amide bonds. The van der Waals surface area contributed by atoms with E-state index in [-0.39, 0.29) is 22.9 Å². The van der Waals surface area contributed by atoms with Crippen LogP contribution in [0.5, 0.6) is 0 Å². The number of nitrogens with one attached hydrogen (secondary N) is 2. The Hall–Kier alpha value is -2.71. The van der Waals surface area contributed by atoms with Crippen molar-refractivity contribution in [3.63, 3.8) is 0 Å². The van der Waals surface area contributed by atoms with E-state index in [0.717, 1.165) is 25.9 Å². The van der Waals surface area contributed by atoms with E-state index >= 15 is 0 Å². The average Bonchev–Trinajstić information content (AvgIpc) is 3.22. The molecule has 1 aliphatic rings. The third kappa shape index (κ3) is 4.83. The zero-order valence-electron chi connectivity index (χ0n) is 16.6. The summed E-state index contributed by atoms with van der Waals surface area (Å²) in [5, 5.41) is 2.77. The minimum Gasteiger partial charge on any atom is -0.339 e. The largest absolute Gasteiger partial charge is 0.339 e. The lowest BCUT2D eigenvalue weighted by Crippen LogP contribution is -2.27. The normalized spacial score (nSPS) is 14.1. The molecular formula is C21H25N3O4S. The van der Waals surface area contributed by atoms with Crippen LogP contribution in [0, 0.1) is 6.92 Å². The molecule has 1 heterocycles. The highest BCUT2D eigenvalue weighted by atomic mass is 32.2. The third-order valence-electron chi connectivity index (χ3n) is 4.86. The molecule has 8 heteroatoms. The zero-order valence-corrected chi connectivity index (χ0v) is 17.4. The molecule has 0 unspecified atom stereocenters. The van der Waals surface area contributed by atoms with Crippen LogP contribution in [-0.2, 0) is 10.0 Å². The van der Waals surface area contributed by atoms with E-state index in [4.69, 9.17) is 0 Å². The number of rotatable bonds is 6. The number of likely N-dealkylation sites (tertiary alicyclic amines) is 1. The fraction of sp³-hybridized carbons (Fsp3) is 0.333. The van der Waals surface area contributed by atoms with Gasteiger partial charge in [-0.05, 0) is 55.7 Å². The number of carbonyl (C=O) groups is 2. The molecule has 0 saturated carbocycles. The molecule has 0 spiro atoms. The van der Waals surface area contributed by atoms with Gasteiger partial charge in [0.25, 0.3) is 11.8 Å². The van der Waals surface area contributed by atoms with Crippen LogP contribution in [0.25, 0.3) is 0 Å². The number of benzene rings is 2. The molecule has 2 N–H and O–H groups in total. The Morgan fingerprint density at radius 1 is 1.07 bits per heavy atom. The van der Waals surface area contributed by atoms with Gasteiger partial charge in [-0.3, -0.25) is 9.59 Å². The van der Waals surface area contributed by atoms with Crippen LogP contribution in [0.4, 0.5) is 5.69 Å². The number of carbonyl (C=O) groups excluding carboxylic acids is 2. The van der Waals surface area contributed by atoms with Gasteiger partial charge in [-0.2, -0.15) is 0 Å². The Balaban J connectivity index is 1.82. The quantitative estimate of drug-likeness (QED) is 0.758. The monoisotopic (exact) mass is 415 g/mol. The Kier molecular flexibility index (Phi) is 6.34. The van der Waals surface area contributed by atoms with Crippen LogP contribution >= 0.6 is 0 Å². The lowest BCUT2D eigenvalue weighted by molar-refractivity contribution is 0.0792. The third-order valence-corrected chi connectivity index (χ3v) is 6.40. The molecule has 0 bridgehead atoms. The van der Waals surface area contributed by atoms with Crippen molar-refractivity contribution in [3.8, 4) is 0 Å². The minimum absolute atomic E-state index is 0.0352. The summed E-state index contributed by atoms with van der Waals surface area (Å²) in [6, 6.07) is 11.2. The highest BCUT2D eigenvalue weighted by molar-refractivity contribution is 7.89. The van der Waals surface area contributed by atoms with Gasteiger partial charge in [0.2, 0.25) is 10.0 Å². The van der Waals surface area contributed by atoms with Gasteiger partial charge in [-0.1, -0.05) is 19.1 Å². The Morgan fingerprint density at radius 2 is 1.79 bits per heavy atom. The molecule has 7 nitrogen and oxygen atoms in total. The molecule has 154 valence electrons. The number of sulfonamides is 1. The van der Waals surface area contributed by atoms with E-state index in [0.29, 0.717) is 16.8 Å². The molecule has 0 radical (unpaired) electrons. The fourth-order valence-electron chi connectivity index (χ4n) is 3.32. The molecule has 2 aromatic rings. The summed E-state index contributed by atoms with van der Waals surface area (Å²) in [6.45, 7) is 5.20. The van der Waals surface area contributed by atoms with Crippen molar-refractivity contribution in [2.45, 2.75) is 31.6 Å². The second-order valence-corrected chi connectivity index (χ2v) is 8.78. The number of anilines is 1. The summed E-state index contributed by atoms with van der Waals surface area (Å²) in [6.07, 6.45) is 2.02. The number of hydrogen-bond acceptors (Lipinski definition) is 4. The van der Waals surface area contributed by atoms with Gasteiger partial charge in [0.05, 0.1) is 4.90 Å². The van der Waals surface area contributed by atoms with E-state index < -0.39 is 15.9 Å². The molecule has 1 saturated heterocycles. The summed E-state index contributed by atoms with van der Waals surface area (Å²) in [4.78, 5) is 27.2. The van der Waals surface area contributed by atoms with Gasteiger partial charge in [-0.15, -0.1) is 0 Å². The minimum atomic E-state index is -3.66. The number of nitrogens with zero attached hydrogens (tertiary/aromatic N) is 1. The van der Waals surface area contributed by atoms with Crippen molar-refractivity contribution in [2.24, 2.45) is 0 Å². The predicted octanol–water partition coefficient (Wildman–Crippen LogP) is 2.78. The van der Waals surface area contributed by atoms with Crippen LogP contribution < -0.4 is 10.0 Å². The summed E-state index contributed by atoms with van der Waals surface area (Å²) in [7, 11) is -3.66. The van der Waals surface area contributed by atoms with Gasteiger partial charge >= 0.3 is 0 Å². The molecule has 0 aromatic heterocycles. The van der Waals surface area contributed by atoms with Gasteiger partial charge < -0.3 is 10.2 Å². The highest BCUT2D eigenvalue weighted by Crippen LogP contribution is 2.20. The molecule has 29 heavy (non-hydrogen) atoms. The first-order valence-electron chi connectivity index (χ1n) is 9.63. The SMILES string of the molecule is CCNS(=O)(=O)c1ccc(C)c(C(=O)Nc2cccc(C(=O)N3CCCC3)c2)c1. The predicted molar refractivity (Wildman–Crippen MR) is 112 cm³/mol. The fourth-order valence-corrected chi connectivity index (χ4v) is 4.38. The molecule has 3 rings (SSSR count). The van der Waals surface area contributed by atoms with E-state index in [9.17, 15) is 18.0 Å². The van der Waals surface area contributed by atoms with Gasteiger partial charge in [-0.25, -0.2) is 13.1 Å². The molecule has 1 fully saturated rings. The van der Waals surface area contributed by atoms with E-state index in [1.165, 1.54) is 12.1 Å². The molecular weight excluding hydrogens is 390 g/mol. The first kappa shape index (κ1) is 21.0. The van der Waals surface area contributed by atoms with Gasteiger partial charge in [0, 0.05) is 36.4 Å². The maximum Gasteiger partial charge on any atom is 0.255 e. The summed E-state index contributed by atoms with van der Waals surface area (Å²) < 4.78 is 26.9. The number of hydrogen-bond donors (Lipinski definition) is 2. The molecule has 1 aliphatic heterocycles. The van der Waals surface area contributed by atoms with Crippen LogP contribution in [-0.4, -0.2) is 44.8 Å². The van der Waals surface area contributed by atoms with Crippen molar-refractivity contribution in [2.75, 3.05) is 25.0 Å². The van der Waals surface area contributed by atoms with Crippen LogP contribution in [0.2, 0.25) is 0 Å². The van der Waals surface area contributed by atoms with Crippen LogP contribution in [0.1, 0.15) is 46.0 Å². The van der Waals surface area contributed by atoms with Crippen molar-refractivity contribution in [3.05, 3.63) is 59.2 Å². The second-order valence-electron chi connectivity index (χ2n) is 7.01. The second kappa shape index (κ2) is 8.75. The van der Waals surface area contributed by atoms with E-state index in [1.54, 1.807) is 49.1 Å². The first-order valence-corrected chi connectivity index (χ1v) is 11.1. The standard InChI is InChI=1S/C21H25N3O4S/c1-3-22-29(27,28)18-10-9-15(2)19(14-18)20(25)23-17-8-6-7-16(13-17)21(26)24-11-4-5-12-24/h6-10,13-14,22H,3-5,11-12H2,1-2H3,(H,23,25). The topological polar surface area (TPSA) is 95.6 Å². The van der Waals surface area contributed by atoms with Crippen molar-refractivity contribution < 1.29 is 18.0 Å². The maximum atomic E-state index is 12.8. The maximum absolute atomic E-state index is 12.8. The summed E-state index contributed by atoms with van der Waals surface area (Å²) >= 11 is 0. The van der Waals surface area contributed by atoms with Crippen LogP contribution in [0.15, 0.2) is 47.4 Å². The van der Waals surface area contributed by atoms with E-state index in [1.807, 2.05) is 0 Å².